The van der Waals surface area contributed by atoms with E-state index in [-0.39, 0.29) is 17.7 Å². The Balaban J connectivity index is 1.66. The number of hydrogen-bond donors (Lipinski definition) is 1. The third kappa shape index (κ3) is 2.42. The summed E-state index contributed by atoms with van der Waals surface area (Å²) in [6.45, 7) is 2.01. The molecule has 6 heteroatoms. The predicted octanol–water partition coefficient (Wildman–Crippen LogP) is 1.12. The minimum absolute atomic E-state index is 0.102. The molecule has 6 nitrogen and oxygen atoms in total. The molecular weight excluding hydrogens is 258 g/mol. The van der Waals surface area contributed by atoms with Crippen molar-refractivity contribution in [3.05, 3.63) is 18.2 Å². The molecule has 1 fully saturated rings. The quantitative estimate of drug-likeness (QED) is 0.879. The lowest BCUT2D eigenvalue weighted by molar-refractivity contribution is -0.146. The van der Waals surface area contributed by atoms with E-state index in [2.05, 4.69) is 9.55 Å². The van der Waals surface area contributed by atoms with Gasteiger partial charge in [0.25, 0.3) is 0 Å². The summed E-state index contributed by atoms with van der Waals surface area (Å²) in [4.78, 5) is 29.7. The molecule has 1 N–H and O–H groups in total. The molecule has 0 radical (unpaired) electrons. The first-order chi connectivity index (χ1) is 9.65. The Labute approximate surface area is 117 Å². The number of aliphatic carboxylic acids is 1. The predicted molar refractivity (Wildman–Crippen MR) is 70.7 cm³/mol. The lowest BCUT2D eigenvalue weighted by Gasteiger charge is -2.33. The summed E-state index contributed by atoms with van der Waals surface area (Å²) in [5, 5.41) is 9.11. The molecule has 0 bridgehead atoms. The first kappa shape index (κ1) is 13.1. The van der Waals surface area contributed by atoms with Crippen molar-refractivity contribution in [2.75, 3.05) is 6.54 Å². The fourth-order valence-corrected chi connectivity index (χ4v) is 3.26. The van der Waals surface area contributed by atoms with Crippen LogP contribution < -0.4 is 0 Å². The maximum atomic E-state index is 12.5. The molecule has 3 rings (SSSR count). The van der Waals surface area contributed by atoms with E-state index < -0.39 is 5.97 Å². The summed E-state index contributed by atoms with van der Waals surface area (Å²) in [5.41, 5.74) is 0. The molecule has 2 heterocycles. The standard InChI is InChI=1S/C14H19N3O3/c18-13(10-2-1-3-11(8-10)14(19)20)17-7-6-16-5-4-15-12(16)9-17/h4-5,10-11H,1-3,6-9H2,(H,19,20). The lowest BCUT2D eigenvalue weighted by atomic mass is 9.80. The molecule has 0 saturated heterocycles. The van der Waals surface area contributed by atoms with Crippen molar-refractivity contribution < 1.29 is 14.7 Å². The van der Waals surface area contributed by atoms with E-state index in [1.54, 1.807) is 6.20 Å². The number of fused-ring (bicyclic) bond motifs is 1. The van der Waals surface area contributed by atoms with E-state index in [9.17, 15) is 9.59 Å². The van der Waals surface area contributed by atoms with Crippen LogP contribution in [-0.4, -0.2) is 38.0 Å². The molecule has 1 saturated carbocycles. The van der Waals surface area contributed by atoms with Gasteiger partial charge < -0.3 is 14.6 Å². The Morgan fingerprint density at radius 3 is 2.85 bits per heavy atom. The van der Waals surface area contributed by atoms with Crippen LogP contribution in [0.1, 0.15) is 31.5 Å². The summed E-state index contributed by atoms with van der Waals surface area (Å²) < 4.78 is 2.06. The highest BCUT2D eigenvalue weighted by Crippen LogP contribution is 2.31. The average Bonchev–Trinajstić information content (AvgIpc) is 2.94. The first-order valence-electron chi connectivity index (χ1n) is 7.16. The van der Waals surface area contributed by atoms with Crippen molar-refractivity contribution in [1.82, 2.24) is 14.5 Å². The number of amides is 1. The van der Waals surface area contributed by atoms with Crippen LogP contribution in [0.3, 0.4) is 0 Å². The number of aromatic nitrogens is 2. The summed E-state index contributed by atoms with van der Waals surface area (Å²) in [7, 11) is 0. The fourth-order valence-electron chi connectivity index (χ4n) is 3.26. The first-order valence-corrected chi connectivity index (χ1v) is 7.16. The number of carbonyl (C=O) groups is 2. The van der Waals surface area contributed by atoms with Gasteiger partial charge in [-0.1, -0.05) is 6.42 Å². The van der Waals surface area contributed by atoms with Gasteiger partial charge in [0.1, 0.15) is 5.82 Å². The zero-order valence-electron chi connectivity index (χ0n) is 11.4. The SMILES string of the molecule is O=C(O)C1CCCC(C(=O)N2CCn3ccnc3C2)C1. The van der Waals surface area contributed by atoms with Crippen LogP contribution in [0.5, 0.6) is 0 Å². The van der Waals surface area contributed by atoms with Crippen molar-refractivity contribution >= 4 is 11.9 Å². The molecule has 2 unspecified atom stereocenters. The molecule has 2 atom stereocenters. The summed E-state index contributed by atoms with van der Waals surface area (Å²) >= 11 is 0. The van der Waals surface area contributed by atoms with Gasteiger partial charge in [0.2, 0.25) is 5.91 Å². The topological polar surface area (TPSA) is 75.4 Å². The third-order valence-electron chi connectivity index (χ3n) is 4.43. The van der Waals surface area contributed by atoms with Gasteiger partial charge in [-0.25, -0.2) is 4.98 Å². The molecule has 0 spiro atoms. The minimum Gasteiger partial charge on any atom is -0.481 e. The Morgan fingerprint density at radius 2 is 2.05 bits per heavy atom. The van der Waals surface area contributed by atoms with Crippen molar-refractivity contribution in [2.24, 2.45) is 11.8 Å². The molecule has 108 valence electrons. The van der Waals surface area contributed by atoms with Crippen LogP contribution >= 0.6 is 0 Å². The normalized spacial score (nSPS) is 26.1. The van der Waals surface area contributed by atoms with Gasteiger partial charge >= 0.3 is 5.97 Å². The maximum absolute atomic E-state index is 12.5. The summed E-state index contributed by atoms with van der Waals surface area (Å²) in [5.74, 6) is -0.243. The van der Waals surface area contributed by atoms with Crippen LogP contribution in [0.4, 0.5) is 0 Å². The smallest absolute Gasteiger partial charge is 0.306 e. The lowest BCUT2D eigenvalue weighted by Crippen LogP contribution is -2.43. The molecule has 1 aromatic rings. The van der Waals surface area contributed by atoms with E-state index in [1.165, 1.54) is 0 Å². The average molecular weight is 277 g/mol. The van der Waals surface area contributed by atoms with Gasteiger partial charge in [-0.05, 0) is 19.3 Å². The molecular formula is C14H19N3O3. The number of hydrogen-bond acceptors (Lipinski definition) is 3. The highest BCUT2D eigenvalue weighted by molar-refractivity contribution is 5.80. The van der Waals surface area contributed by atoms with Crippen molar-refractivity contribution in [3.63, 3.8) is 0 Å². The zero-order valence-corrected chi connectivity index (χ0v) is 11.4. The number of carboxylic acids is 1. The third-order valence-corrected chi connectivity index (χ3v) is 4.43. The fraction of sp³-hybridized carbons (Fsp3) is 0.643. The second kappa shape index (κ2) is 5.26. The van der Waals surface area contributed by atoms with E-state index in [1.807, 2.05) is 11.1 Å². The van der Waals surface area contributed by atoms with E-state index in [0.717, 1.165) is 25.2 Å². The van der Waals surface area contributed by atoms with Crippen LogP contribution in [0.25, 0.3) is 0 Å². The second-order valence-electron chi connectivity index (χ2n) is 5.70. The van der Waals surface area contributed by atoms with Gasteiger partial charge in [-0.3, -0.25) is 9.59 Å². The summed E-state index contributed by atoms with van der Waals surface area (Å²) in [6.07, 6.45) is 6.51. The van der Waals surface area contributed by atoms with E-state index in [4.69, 9.17) is 5.11 Å². The molecule has 20 heavy (non-hydrogen) atoms. The van der Waals surface area contributed by atoms with Crippen molar-refractivity contribution in [2.45, 2.75) is 38.8 Å². The maximum Gasteiger partial charge on any atom is 0.306 e. The summed E-state index contributed by atoms with van der Waals surface area (Å²) in [6, 6.07) is 0. The number of nitrogens with zero attached hydrogens (tertiary/aromatic N) is 3. The molecule has 1 amide bonds. The van der Waals surface area contributed by atoms with Gasteiger partial charge in [0.05, 0.1) is 12.5 Å². The van der Waals surface area contributed by atoms with Gasteiger partial charge in [-0.15, -0.1) is 0 Å². The highest BCUT2D eigenvalue weighted by atomic mass is 16.4. The largest absolute Gasteiger partial charge is 0.481 e. The number of carbonyl (C=O) groups excluding carboxylic acids is 1. The monoisotopic (exact) mass is 277 g/mol. The molecule has 1 aliphatic heterocycles. The number of rotatable bonds is 2. The zero-order chi connectivity index (χ0) is 14.1. The second-order valence-corrected chi connectivity index (χ2v) is 5.70. The van der Waals surface area contributed by atoms with E-state index >= 15 is 0 Å². The molecule has 1 aromatic heterocycles. The Hall–Kier alpha value is -1.85. The highest BCUT2D eigenvalue weighted by Gasteiger charge is 2.34. The van der Waals surface area contributed by atoms with Gasteiger partial charge in [0.15, 0.2) is 0 Å². The van der Waals surface area contributed by atoms with Crippen LogP contribution in [0.15, 0.2) is 12.4 Å². The van der Waals surface area contributed by atoms with Crippen LogP contribution in [0, 0.1) is 11.8 Å². The minimum atomic E-state index is -0.767. The van der Waals surface area contributed by atoms with Crippen molar-refractivity contribution in [3.8, 4) is 0 Å². The number of imidazole rings is 1. The van der Waals surface area contributed by atoms with Gasteiger partial charge in [0, 0.05) is 31.4 Å². The number of carboxylic acid groups (broad SMARTS) is 1. The molecule has 1 aliphatic carbocycles. The van der Waals surface area contributed by atoms with Crippen LogP contribution in [0.2, 0.25) is 0 Å². The van der Waals surface area contributed by atoms with Crippen molar-refractivity contribution in [1.29, 1.82) is 0 Å². The Kier molecular flexibility index (Phi) is 3.46. The Bertz CT molecular complexity index is 525. The van der Waals surface area contributed by atoms with Crippen LogP contribution in [-0.2, 0) is 22.7 Å². The molecule has 0 aromatic carbocycles. The van der Waals surface area contributed by atoms with Gasteiger partial charge in [-0.2, -0.15) is 0 Å². The molecule has 2 aliphatic rings. The Morgan fingerprint density at radius 1 is 1.25 bits per heavy atom. The van der Waals surface area contributed by atoms with E-state index in [0.29, 0.717) is 25.9 Å².